The van der Waals surface area contributed by atoms with Crippen LogP contribution in [0.2, 0.25) is 10.0 Å². The van der Waals surface area contributed by atoms with E-state index in [2.05, 4.69) is 15.5 Å². The Kier molecular flexibility index (Phi) is 7.44. The Bertz CT molecular complexity index is 1280. The predicted octanol–water partition coefficient (Wildman–Crippen LogP) is 7.15. The number of benzene rings is 3. The highest BCUT2D eigenvalue weighted by Gasteiger charge is 2.10. The maximum Gasteiger partial charge on any atom is 0.305 e. The molecule has 0 spiro atoms. The maximum atomic E-state index is 11.4. The van der Waals surface area contributed by atoms with Crippen LogP contribution in [0, 0.1) is 0 Å². The van der Waals surface area contributed by atoms with Crippen molar-refractivity contribution < 1.29 is 14.3 Å². The number of carbonyl (C=O) groups excluding carboxylic acids is 1. The van der Waals surface area contributed by atoms with Gasteiger partial charge in [-0.05, 0) is 54.4 Å². The van der Waals surface area contributed by atoms with Crippen LogP contribution in [0.25, 0.3) is 10.6 Å². The molecule has 9 heteroatoms. The van der Waals surface area contributed by atoms with Crippen molar-refractivity contribution in [1.82, 2.24) is 10.2 Å². The van der Waals surface area contributed by atoms with Gasteiger partial charge in [-0.2, -0.15) is 0 Å². The Labute approximate surface area is 205 Å². The smallest absolute Gasteiger partial charge is 0.305 e. The molecule has 0 bridgehead atoms. The van der Waals surface area contributed by atoms with Crippen LogP contribution in [-0.2, 0) is 16.0 Å². The lowest BCUT2D eigenvalue weighted by molar-refractivity contribution is -0.140. The van der Waals surface area contributed by atoms with E-state index in [1.54, 1.807) is 12.1 Å². The maximum absolute atomic E-state index is 11.4. The van der Waals surface area contributed by atoms with E-state index in [1.807, 2.05) is 54.6 Å². The summed E-state index contributed by atoms with van der Waals surface area (Å²) in [4.78, 5) is 11.4. The number of anilines is 2. The van der Waals surface area contributed by atoms with Gasteiger partial charge < -0.3 is 14.8 Å². The van der Waals surface area contributed by atoms with Gasteiger partial charge in [0.05, 0.1) is 17.2 Å². The molecule has 0 fully saturated rings. The van der Waals surface area contributed by atoms with Gasteiger partial charge in [0.1, 0.15) is 16.5 Å². The Hall–Kier alpha value is -3.13. The Morgan fingerprint density at radius 3 is 2.55 bits per heavy atom. The van der Waals surface area contributed by atoms with Crippen LogP contribution in [0.5, 0.6) is 11.5 Å². The first-order valence-corrected chi connectivity index (χ1v) is 11.6. The molecular weight excluding hydrogens is 481 g/mol. The Balaban J connectivity index is 1.45. The standard InChI is InChI=1S/C24H19Cl2N3O3S/c1-31-22(30)11-8-15-4-2-6-18(12-15)32-19-7-3-5-16(13-19)23-28-29-24(33-23)27-17-9-10-20(25)21(26)14-17/h2-7,9-10,12-14H,8,11H2,1H3,(H,27,29). The second-order valence-corrected chi connectivity index (χ2v) is 8.81. The third-order valence-electron chi connectivity index (χ3n) is 4.66. The van der Waals surface area contributed by atoms with Gasteiger partial charge in [-0.25, -0.2) is 0 Å². The zero-order valence-electron chi connectivity index (χ0n) is 17.5. The van der Waals surface area contributed by atoms with E-state index in [0.717, 1.165) is 21.8 Å². The number of ether oxygens (including phenoxy) is 2. The van der Waals surface area contributed by atoms with Gasteiger partial charge in [-0.1, -0.05) is 58.8 Å². The zero-order chi connectivity index (χ0) is 23.2. The van der Waals surface area contributed by atoms with Crippen molar-refractivity contribution in [3.63, 3.8) is 0 Å². The highest BCUT2D eigenvalue weighted by molar-refractivity contribution is 7.18. The van der Waals surface area contributed by atoms with Gasteiger partial charge in [0, 0.05) is 17.7 Å². The molecule has 0 atom stereocenters. The summed E-state index contributed by atoms with van der Waals surface area (Å²) in [7, 11) is 1.39. The minimum atomic E-state index is -0.237. The van der Waals surface area contributed by atoms with Crippen molar-refractivity contribution in [1.29, 1.82) is 0 Å². The second-order valence-electron chi connectivity index (χ2n) is 7.02. The summed E-state index contributed by atoms with van der Waals surface area (Å²) in [6.07, 6.45) is 0.911. The van der Waals surface area contributed by atoms with Gasteiger partial charge in [-0.3, -0.25) is 4.79 Å². The minimum Gasteiger partial charge on any atom is -0.469 e. The van der Waals surface area contributed by atoms with E-state index in [0.29, 0.717) is 39.5 Å². The number of halogens is 2. The molecule has 0 unspecified atom stereocenters. The third kappa shape index (κ3) is 6.22. The summed E-state index contributed by atoms with van der Waals surface area (Å²) < 4.78 is 10.7. The van der Waals surface area contributed by atoms with Crippen LogP contribution in [-0.4, -0.2) is 23.3 Å². The van der Waals surface area contributed by atoms with Gasteiger partial charge in [-0.15, -0.1) is 10.2 Å². The van der Waals surface area contributed by atoms with E-state index < -0.39 is 0 Å². The SMILES string of the molecule is COC(=O)CCc1cccc(Oc2cccc(-c3nnc(Nc4ccc(Cl)c(Cl)c4)s3)c2)c1. The van der Waals surface area contributed by atoms with Crippen LogP contribution < -0.4 is 10.1 Å². The van der Waals surface area contributed by atoms with Crippen molar-refractivity contribution >= 4 is 51.3 Å². The molecule has 0 radical (unpaired) electrons. The highest BCUT2D eigenvalue weighted by atomic mass is 35.5. The lowest BCUT2D eigenvalue weighted by atomic mass is 10.1. The minimum absolute atomic E-state index is 0.237. The van der Waals surface area contributed by atoms with E-state index in [-0.39, 0.29) is 5.97 Å². The van der Waals surface area contributed by atoms with Gasteiger partial charge in [0.15, 0.2) is 0 Å². The fraction of sp³-hybridized carbons (Fsp3) is 0.125. The number of nitrogens with zero attached hydrogens (tertiary/aromatic N) is 2. The molecule has 6 nitrogen and oxygen atoms in total. The molecule has 4 rings (SSSR count). The number of nitrogens with one attached hydrogen (secondary N) is 1. The van der Waals surface area contributed by atoms with Gasteiger partial charge in [0.25, 0.3) is 0 Å². The number of aromatic nitrogens is 2. The normalized spacial score (nSPS) is 10.6. The summed E-state index contributed by atoms with van der Waals surface area (Å²) in [6, 6.07) is 20.6. The average Bonchev–Trinajstić information content (AvgIpc) is 3.29. The first kappa shape index (κ1) is 23.0. The molecule has 168 valence electrons. The third-order valence-corrected chi connectivity index (χ3v) is 6.28. The van der Waals surface area contributed by atoms with Crippen LogP contribution in [0.4, 0.5) is 10.8 Å². The summed E-state index contributed by atoms with van der Waals surface area (Å²) in [6.45, 7) is 0. The number of rotatable bonds is 8. The number of aryl methyl sites for hydroxylation is 1. The summed E-state index contributed by atoms with van der Waals surface area (Å²) in [5, 5.41) is 14.0. The van der Waals surface area contributed by atoms with E-state index in [4.69, 9.17) is 32.7 Å². The average molecular weight is 500 g/mol. The highest BCUT2D eigenvalue weighted by Crippen LogP contribution is 2.33. The number of hydrogen-bond acceptors (Lipinski definition) is 7. The molecule has 1 heterocycles. The summed E-state index contributed by atoms with van der Waals surface area (Å²) in [5.74, 6) is 1.12. The quantitative estimate of drug-likeness (QED) is 0.259. The van der Waals surface area contributed by atoms with Crippen LogP contribution in [0.1, 0.15) is 12.0 Å². The largest absolute Gasteiger partial charge is 0.469 e. The summed E-state index contributed by atoms with van der Waals surface area (Å²) >= 11 is 13.5. The van der Waals surface area contributed by atoms with Crippen molar-refractivity contribution in [3.05, 3.63) is 82.3 Å². The number of carbonyl (C=O) groups is 1. The summed E-state index contributed by atoms with van der Waals surface area (Å²) in [5.41, 5.74) is 2.65. The molecule has 0 aliphatic heterocycles. The van der Waals surface area contributed by atoms with Crippen molar-refractivity contribution in [3.8, 4) is 22.1 Å². The monoisotopic (exact) mass is 499 g/mol. The molecule has 0 aliphatic carbocycles. The van der Waals surface area contributed by atoms with Gasteiger partial charge in [0.2, 0.25) is 5.13 Å². The van der Waals surface area contributed by atoms with E-state index >= 15 is 0 Å². The van der Waals surface area contributed by atoms with Crippen LogP contribution >= 0.6 is 34.5 Å². The first-order valence-electron chi connectivity index (χ1n) is 10.00. The van der Waals surface area contributed by atoms with Crippen LogP contribution in [0.3, 0.4) is 0 Å². The molecule has 1 N–H and O–H groups in total. The van der Waals surface area contributed by atoms with Crippen molar-refractivity contribution in [2.24, 2.45) is 0 Å². The zero-order valence-corrected chi connectivity index (χ0v) is 19.9. The Morgan fingerprint density at radius 1 is 0.970 bits per heavy atom. The number of methoxy groups -OCH3 is 1. The molecule has 4 aromatic rings. The lowest BCUT2D eigenvalue weighted by Gasteiger charge is -2.08. The lowest BCUT2D eigenvalue weighted by Crippen LogP contribution is -2.01. The molecule has 0 aliphatic rings. The van der Waals surface area contributed by atoms with Crippen molar-refractivity contribution in [2.45, 2.75) is 12.8 Å². The predicted molar refractivity (Wildman–Crippen MR) is 132 cm³/mol. The molecule has 3 aromatic carbocycles. The fourth-order valence-corrected chi connectivity index (χ4v) is 4.09. The van der Waals surface area contributed by atoms with Crippen LogP contribution in [0.15, 0.2) is 66.7 Å². The molecule has 0 saturated carbocycles. The number of hydrogen-bond donors (Lipinski definition) is 1. The second kappa shape index (κ2) is 10.7. The molecule has 0 amide bonds. The molecule has 0 saturated heterocycles. The topological polar surface area (TPSA) is 73.3 Å². The van der Waals surface area contributed by atoms with E-state index in [1.165, 1.54) is 18.4 Å². The molecule has 33 heavy (non-hydrogen) atoms. The molecular formula is C24H19Cl2N3O3S. The first-order chi connectivity index (χ1) is 16.0. The Morgan fingerprint density at radius 2 is 1.76 bits per heavy atom. The fourth-order valence-electron chi connectivity index (χ4n) is 3.03. The van der Waals surface area contributed by atoms with E-state index in [9.17, 15) is 4.79 Å². The number of esters is 1. The molecule has 1 aromatic heterocycles. The van der Waals surface area contributed by atoms with Crippen molar-refractivity contribution in [2.75, 3.05) is 12.4 Å². The van der Waals surface area contributed by atoms with Gasteiger partial charge >= 0.3 is 5.97 Å².